The minimum atomic E-state index is -0.202. The van der Waals surface area contributed by atoms with E-state index in [9.17, 15) is 9.59 Å². The third-order valence-corrected chi connectivity index (χ3v) is 6.69. The van der Waals surface area contributed by atoms with Gasteiger partial charge in [-0.25, -0.2) is 0 Å². The Hall–Kier alpha value is -2.68. The van der Waals surface area contributed by atoms with Gasteiger partial charge in [0.05, 0.1) is 17.1 Å². The van der Waals surface area contributed by atoms with E-state index < -0.39 is 0 Å². The second kappa shape index (κ2) is 9.85. The van der Waals surface area contributed by atoms with Crippen molar-refractivity contribution in [3.8, 4) is 5.75 Å². The molecule has 0 bridgehead atoms. The van der Waals surface area contributed by atoms with E-state index in [1.165, 1.54) is 17.3 Å². The first-order chi connectivity index (χ1) is 15.5. The van der Waals surface area contributed by atoms with Crippen molar-refractivity contribution in [3.05, 3.63) is 64.1 Å². The topological polar surface area (TPSA) is 61.9 Å². The highest BCUT2D eigenvalue weighted by atomic mass is 32.2. The second-order valence-electron chi connectivity index (χ2n) is 7.63. The molecule has 8 heteroatoms. The predicted molar refractivity (Wildman–Crippen MR) is 133 cm³/mol. The van der Waals surface area contributed by atoms with Crippen LogP contribution >= 0.6 is 24.0 Å². The molecule has 2 aromatic carbocycles. The molecule has 2 heterocycles. The van der Waals surface area contributed by atoms with Crippen molar-refractivity contribution < 1.29 is 14.3 Å². The molecule has 6 nitrogen and oxygen atoms in total. The van der Waals surface area contributed by atoms with E-state index >= 15 is 0 Å². The maximum Gasteiger partial charge on any atom is 0.265 e. The number of thioether (sulfide) groups is 1. The molecule has 1 fully saturated rings. The Morgan fingerprint density at radius 3 is 2.50 bits per heavy atom. The predicted octanol–water partition coefficient (Wildman–Crippen LogP) is 3.94. The van der Waals surface area contributed by atoms with Crippen LogP contribution in [0.2, 0.25) is 0 Å². The van der Waals surface area contributed by atoms with Crippen molar-refractivity contribution in [2.75, 3.05) is 24.6 Å². The summed E-state index contributed by atoms with van der Waals surface area (Å²) in [4.78, 5) is 29.3. The van der Waals surface area contributed by atoms with E-state index in [0.29, 0.717) is 27.2 Å². The lowest BCUT2D eigenvalue weighted by molar-refractivity contribution is -0.121. The Morgan fingerprint density at radius 1 is 1.12 bits per heavy atom. The number of fused-ring (bicyclic) bond motifs is 1. The average Bonchev–Trinajstić information content (AvgIpc) is 3.11. The van der Waals surface area contributed by atoms with Crippen LogP contribution < -0.4 is 15.0 Å². The molecule has 0 atom stereocenters. The first-order valence-corrected chi connectivity index (χ1v) is 11.8. The van der Waals surface area contributed by atoms with Gasteiger partial charge in [0.15, 0.2) is 6.61 Å². The largest absolute Gasteiger partial charge is 0.482 e. The van der Waals surface area contributed by atoms with Gasteiger partial charge in [0, 0.05) is 6.54 Å². The van der Waals surface area contributed by atoms with Gasteiger partial charge in [0.25, 0.3) is 11.8 Å². The van der Waals surface area contributed by atoms with Crippen molar-refractivity contribution in [3.63, 3.8) is 0 Å². The summed E-state index contributed by atoms with van der Waals surface area (Å²) < 4.78 is 6.08. The molecule has 2 aromatic rings. The summed E-state index contributed by atoms with van der Waals surface area (Å²) in [5, 5.41) is 2.62. The highest BCUT2D eigenvalue weighted by Crippen LogP contribution is 2.35. The monoisotopic (exact) mass is 467 g/mol. The molecule has 1 N–H and O–H groups in total. The van der Waals surface area contributed by atoms with Gasteiger partial charge in [-0.3, -0.25) is 14.5 Å². The van der Waals surface area contributed by atoms with Crippen molar-refractivity contribution in [1.82, 2.24) is 10.2 Å². The molecule has 0 saturated carbocycles. The quantitative estimate of drug-likeness (QED) is 0.492. The molecular formula is C24H25N3O3S2. The average molecular weight is 468 g/mol. The Balaban J connectivity index is 1.55. The van der Waals surface area contributed by atoms with Gasteiger partial charge in [-0.15, -0.1) is 0 Å². The summed E-state index contributed by atoms with van der Waals surface area (Å²) in [6.07, 6.45) is 1.78. The highest BCUT2D eigenvalue weighted by Gasteiger charge is 2.27. The van der Waals surface area contributed by atoms with Crippen molar-refractivity contribution in [2.45, 2.75) is 26.9 Å². The van der Waals surface area contributed by atoms with Crippen LogP contribution in [0, 0.1) is 0 Å². The van der Waals surface area contributed by atoms with Crippen molar-refractivity contribution in [2.24, 2.45) is 0 Å². The summed E-state index contributed by atoms with van der Waals surface area (Å²) in [6, 6.07) is 14.0. The van der Waals surface area contributed by atoms with Gasteiger partial charge in [-0.1, -0.05) is 68.2 Å². The van der Waals surface area contributed by atoms with Crippen LogP contribution in [-0.2, 0) is 22.7 Å². The number of hydrogen-bond acceptors (Lipinski definition) is 6. The van der Waals surface area contributed by atoms with E-state index in [-0.39, 0.29) is 18.4 Å². The Bertz CT molecular complexity index is 1080. The number of benzene rings is 2. The van der Waals surface area contributed by atoms with Crippen LogP contribution in [0.4, 0.5) is 5.69 Å². The van der Waals surface area contributed by atoms with Crippen LogP contribution in [0.15, 0.2) is 47.4 Å². The van der Waals surface area contributed by atoms with Crippen molar-refractivity contribution in [1.29, 1.82) is 0 Å². The standard InChI is InChI=1S/C24H25N3O3S2/c1-3-26(4-2)13-16-5-7-17(8-6-16)14-27-19-11-18(9-10-20(19)30-15-22(27)28)12-21-23(29)25-24(31)32-21/h5-12H,3-4,13-15H2,1-2H3,(H,25,29,31)/b21-12+. The molecule has 2 amide bonds. The SMILES string of the molecule is CCN(CC)Cc1ccc(CN2C(=O)COc3ccc(/C=C4/SC(=S)NC4=O)cc32)cc1. The summed E-state index contributed by atoms with van der Waals surface area (Å²) >= 11 is 6.29. The van der Waals surface area contributed by atoms with Crippen LogP contribution in [-0.4, -0.2) is 40.7 Å². The van der Waals surface area contributed by atoms with Gasteiger partial charge >= 0.3 is 0 Å². The van der Waals surface area contributed by atoms with Gasteiger partial charge in [-0.2, -0.15) is 0 Å². The lowest BCUT2D eigenvalue weighted by atomic mass is 10.1. The molecule has 166 valence electrons. The zero-order valence-electron chi connectivity index (χ0n) is 18.1. The number of amides is 2. The molecule has 0 radical (unpaired) electrons. The lowest BCUT2D eigenvalue weighted by Gasteiger charge is -2.30. The minimum absolute atomic E-state index is 0.0139. The molecule has 0 unspecified atom stereocenters. The summed E-state index contributed by atoms with van der Waals surface area (Å²) in [5.41, 5.74) is 3.82. The maximum absolute atomic E-state index is 12.7. The minimum Gasteiger partial charge on any atom is -0.482 e. The first-order valence-electron chi connectivity index (χ1n) is 10.6. The summed E-state index contributed by atoms with van der Waals surface area (Å²) in [5.74, 6) is 0.360. The fourth-order valence-corrected chi connectivity index (χ4v) is 4.74. The number of carbonyl (C=O) groups is 2. The molecule has 0 aromatic heterocycles. The Morgan fingerprint density at radius 2 is 1.84 bits per heavy atom. The van der Waals surface area contributed by atoms with E-state index in [1.54, 1.807) is 11.0 Å². The van der Waals surface area contributed by atoms with Gasteiger partial charge in [0.2, 0.25) is 0 Å². The molecule has 4 rings (SSSR count). The molecule has 1 saturated heterocycles. The van der Waals surface area contributed by atoms with Crippen LogP contribution in [0.25, 0.3) is 6.08 Å². The number of nitrogens with zero attached hydrogens (tertiary/aromatic N) is 2. The van der Waals surface area contributed by atoms with E-state index in [0.717, 1.165) is 30.8 Å². The second-order valence-corrected chi connectivity index (χ2v) is 9.34. The smallest absolute Gasteiger partial charge is 0.265 e. The molecule has 0 aliphatic carbocycles. The molecule has 2 aliphatic heterocycles. The zero-order chi connectivity index (χ0) is 22.7. The lowest BCUT2D eigenvalue weighted by Crippen LogP contribution is -2.38. The Labute approximate surface area is 197 Å². The fourth-order valence-electron chi connectivity index (χ4n) is 3.69. The number of thiocarbonyl (C=S) groups is 1. The van der Waals surface area contributed by atoms with Gasteiger partial charge in [0.1, 0.15) is 10.1 Å². The number of carbonyl (C=O) groups excluding carboxylic acids is 2. The number of nitrogens with one attached hydrogen (secondary N) is 1. The zero-order valence-corrected chi connectivity index (χ0v) is 19.7. The van der Waals surface area contributed by atoms with Crippen LogP contribution in [0.5, 0.6) is 5.75 Å². The molecule has 2 aliphatic rings. The van der Waals surface area contributed by atoms with E-state index in [1.807, 2.05) is 18.2 Å². The number of hydrogen-bond donors (Lipinski definition) is 1. The van der Waals surface area contributed by atoms with Crippen LogP contribution in [0.1, 0.15) is 30.5 Å². The van der Waals surface area contributed by atoms with E-state index in [4.69, 9.17) is 17.0 Å². The fraction of sp³-hybridized carbons (Fsp3) is 0.292. The number of ether oxygens (including phenoxy) is 1. The van der Waals surface area contributed by atoms with Crippen molar-refractivity contribution >= 4 is 51.9 Å². The summed E-state index contributed by atoms with van der Waals surface area (Å²) in [7, 11) is 0. The third kappa shape index (κ3) is 5.03. The van der Waals surface area contributed by atoms with Crippen LogP contribution in [0.3, 0.4) is 0 Å². The molecular weight excluding hydrogens is 442 g/mol. The number of rotatable bonds is 7. The molecule has 0 spiro atoms. The maximum atomic E-state index is 12.7. The Kier molecular flexibility index (Phi) is 6.93. The normalized spacial score (nSPS) is 17.0. The first kappa shape index (κ1) is 22.5. The van der Waals surface area contributed by atoms with Gasteiger partial charge in [-0.05, 0) is 48.0 Å². The van der Waals surface area contributed by atoms with E-state index in [2.05, 4.69) is 48.3 Å². The molecule has 32 heavy (non-hydrogen) atoms. The number of anilines is 1. The highest BCUT2D eigenvalue weighted by molar-refractivity contribution is 8.26. The summed E-state index contributed by atoms with van der Waals surface area (Å²) in [6.45, 7) is 7.74. The third-order valence-electron chi connectivity index (χ3n) is 5.53. The van der Waals surface area contributed by atoms with Gasteiger partial charge < -0.3 is 15.0 Å².